The maximum absolute atomic E-state index is 12.8. The molecule has 0 aliphatic carbocycles. The van der Waals surface area contributed by atoms with Gasteiger partial charge in [0.2, 0.25) is 5.16 Å². The van der Waals surface area contributed by atoms with E-state index in [-0.39, 0.29) is 16.5 Å². The van der Waals surface area contributed by atoms with Crippen LogP contribution in [-0.2, 0) is 21.4 Å². The molecule has 0 radical (unpaired) electrons. The fourth-order valence-corrected chi connectivity index (χ4v) is 7.16. The number of β-lactam (4-membered cyclic amide) rings is 1. The van der Waals surface area contributed by atoms with E-state index in [1.165, 1.54) is 45.3 Å². The van der Waals surface area contributed by atoms with Gasteiger partial charge in [0.25, 0.3) is 11.8 Å². The van der Waals surface area contributed by atoms with Gasteiger partial charge in [0.15, 0.2) is 10.8 Å². The van der Waals surface area contributed by atoms with Crippen LogP contribution >= 0.6 is 46.6 Å². The molecule has 18 heteroatoms. The number of oxime groups is 1. The number of fused-ring (bicyclic) bond motifs is 1. The van der Waals surface area contributed by atoms with Gasteiger partial charge in [-0.2, -0.15) is 0 Å². The number of nitrogen functional groups attached to an aromatic ring is 1. The molecule has 0 aromatic carbocycles. The Kier molecular flexibility index (Phi) is 6.77. The number of nitrogens with zero attached hydrogens (tertiary/aromatic N) is 7. The van der Waals surface area contributed by atoms with Crippen LogP contribution in [0.25, 0.3) is 0 Å². The summed E-state index contributed by atoms with van der Waals surface area (Å²) >= 11 is 5.01. The number of hydrogen-bond acceptors (Lipinski definition) is 14. The van der Waals surface area contributed by atoms with Gasteiger partial charge in [0.05, 0.1) is 5.08 Å². The topological polar surface area (TPSA) is 202 Å². The van der Waals surface area contributed by atoms with Crippen LogP contribution < -0.4 is 11.1 Å². The van der Waals surface area contributed by atoms with Gasteiger partial charge in [-0.05, 0) is 10.4 Å². The highest BCUT2D eigenvalue weighted by atomic mass is 32.2. The molecule has 2 aliphatic rings. The first-order valence-electron chi connectivity index (χ1n) is 8.95. The van der Waals surface area contributed by atoms with Crippen LogP contribution in [0.1, 0.15) is 5.69 Å². The number of aromatic nitrogens is 5. The normalized spacial score (nSPS) is 20.5. The van der Waals surface area contributed by atoms with Crippen molar-refractivity contribution in [3.8, 4) is 0 Å². The second-order valence-electron chi connectivity index (χ2n) is 6.45. The molecule has 2 aliphatic heterocycles. The van der Waals surface area contributed by atoms with E-state index in [2.05, 4.69) is 31.0 Å². The Bertz CT molecular complexity index is 1180. The zero-order valence-electron chi connectivity index (χ0n) is 16.6. The molecule has 5 N–H and O–H groups in total. The van der Waals surface area contributed by atoms with Gasteiger partial charge in [-0.15, -0.1) is 40.0 Å². The number of thiazole rings is 1. The van der Waals surface area contributed by atoms with E-state index in [1.54, 1.807) is 7.05 Å². The number of aryl methyl sites for hydroxylation is 1. The van der Waals surface area contributed by atoms with Crippen LogP contribution in [-0.4, -0.2) is 86.2 Å². The molecule has 4 heterocycles. The number of tetrazole rings is 1. The molecule has 2 atom stereocenters. The van der Waals surface area contributed by atoms with E-state index in [1.807, 2.05) is 0 Å². The lowest BCUT2D eigenvalue weighted by atomic mass is 10.0. The van der Waals surface area contributed by atoms with Crippen molar-refractivity contribution in [2.45, 2.75) is 16.6 Å². The van der Waals surface area contributed by atoms with Gasteiger partial charge in [-0.1, -0.05) is 16.9 Å². The molecule has 0 saturated carbocycles. The van der Waals surface area contributed by atoms with Crippen molar-refractivity contribution in [3.05, 3.63) is 21.7 Å². The summed E-state index contributed by atoms with van der Waals surface area (Å²) in [6, 6.07) is -0.977. The molecule has 4 rings (SSSR count). The summed E-state index contributed by atoms with van der Waals surface area (Å²) in [6.45, 7) is 0. The van der Waals surface area contributed by atoms with Gasteiger partial charge in [0, 0.05) is 23.1 Å². The second-order valence-corrected chi connectivity index (χ2v) is 10.8. The largest absolute Gasteiger partial charge is 0.477 e. The SMILES string of the molecule is Cn1nnnc1SCSC1=C(C(=O)O)N2C(=O)C(NC(=O)/C(=N\O)c3csc(N)n3)[C@@H]2SC1. The van der Waals surface area contributed by atoms with Gasteiger partial charge < -0.3 is 21.4 Å². The van der Waals surface area contributed by atoms with E-state index >= 15 is 0 Å². The third-order valence-electron chi connectivity index (χ3n) is 4.50. The highest BCUT2D eigenvalue weighted by molar-refractivity contribution is 8.18. The summed E-state index contributed by atoms with van der Waals surface area (Å²) in [5.74, 6) is -2.29. The molecule has 33 heavy (non-hydrogen) atoms. The number of thioether (sulfide) groups is 3. The number of nitrogens with one attached hydrogen (secondary N) is 1. The molecule has 2 amide bonds. The van der Waals surface area contributed by atoms with E-state index in [0.29, 0.717) is 20.9 Å². The van der Waals surface area contributed by atoms with Gasteiger partial charge in [-0.25, -0.2) is 14.5 Å². The fraction of sp³-hybridized carbons (Fsp3) is 0.333. The molecule has 1 fully saturated rings. The quantitative estimate of drug-likeness (QED) is 0.0860. The van der Waals surface area contributed by atoms with Crippen LogP contribution in [0.3, 0.4) is 0 Å². The number of anilines is 1. The number of amides is 2. The molecule has 174 valence electrons. The zero-order valence-corrected chi connectivity index (χ0v) is 19.9. The zero-order chi connectivity index (χ0) is 23.7. The predicted octanol–water partition coefficient (Wildman–Crippen LogP) is -0.394. The third kappa shape index (κ3) is 4.50. The smallest absolute Gasteiger partial charge is 0.353 e. The van der Waals surface area contributed by atoms with Crippen molar-refractivity contribution in [2.75, 3.05) is 16.6 Å². The first kappa shape index (κ1) is 23.3. The maximum atomic E-state index is 12.8. The number of carboxylic acids is 1. The summed E-state index contributed by atoms with van der Waals surface area (Å²) in [6.07, 6.45) is 0. The minimum atomic E-state index is -1.23. The Morgan fingerprint density at radius 1 is 1.42 bits per heavy atom. The van der Waals surface area contributed by atoms with Crippen molar-refractivity contribution in [1.82, 2.24) is 35.4 Å². The fourth-order valence-electron chi connectivity index (χ4n) is 3.02. The highest BCUT2D eigenvalue weighted by Crippen LogP contribution is 2.44. The van der Waals surface area contributed by atoms with Crippen LogP contribution in [0.4, 0.5) is 5.13 Å². The second kappa shape index (κ2) is 9.57. The van der Waals surface area contributed by atoms with Crippen molar-refractivity contribution < 1.29 is 24.7 Å². The Labute approximate surface area is 202 Å². The summed E-state index contributed by atoms with van der Waals surface area (Å²) in [4.78, 5) is 42.8. The first-order valence-corrected chi connectivity index (χ1v) is 12.8. The van der Waals surface area contributed by atoms with E-state index in [9.17, 15) is 24.7 Å². The average molecular weight is 530 g/mol. The number of carbonyl (C=O) groups is 3. The van der Waals surface area contributed by atoms with E-state index < -0.39 is 34.9 Å². The van der Waals surface area contributed by atoms with Crippen LogP contribution in [0.15, 0.2) is 26.3 Å². The number of carboxylic acid groups (broad SMARTS) is 1. The molecule has 1 unspecified atom stereocenters. The summed E-state index contributed by atoms with van der Waals surface area (Å²) in [5.41, 5.74) is 5.11. The van der Waals surface area contributed by atoms with Gasteiger partial charge in [-0.3, -0.25) is 14.5 Å². The lowest BCUT2D eigenvalue weighted by molar-refractivity contribution is -0.150. The van der Waals surface area contributed by atoms with Crippen molar-refractivity contribution >= 4 is 75.2 Å². The maximum Gasteiger partial charge on any atom is 0.353 e. The molecule has 0 spiro atoms. The standard InChI is InChI=1S/C15H15N9O5S4/c1-23-15(19-21-22-23)33-4-32-6-3-30-12-8(11(26)24(12)9(6)13(27)28)18-10(25)7(20-29)5-2-31-14(16)17-5/h2,8,12,29H,3-4H2,1H3,(H2,16,17)(H,18,25)(H,27,28)/b20-7-/t8?,12-/m0/s1. The lowest BCUT2D eigenvalue weighted by Gasteiger charge is -2.49. The van der Waals surface area contributed by atoms with Gasteiger partial charge in [0.1, 0.15) is 22.8 Å². The molecule has 2 aromatic heterocycles. The average Bonchev–Trinajstić information content (AvgIpc) is 3.39. The number of nitrogens with two attached hydrogens (primary N) is 1. The van der Waals surface area contributed by atoms with Crippen molar-refractivity contribution in [3.63, 3.8) is 0 Å². The third-order valence-corrected chi connectivity index (χ3v) is 8.87. The molecule has 2 aromatic rings. The van der Waals surface area contributed by atoms with Gasteiger partial charge >= 0.3 is 5.97 Å². The number of hydrogen-bond donors (Lipinski definition) is 4. The van der Waals surface area contributed by atoms with Crippen LogP contribution in [0.2, 0.25) is 0 Å². The molecule has 0 bridgehead atoms. The minimum Gasteiger partial charge on any atom is -0.477 e. The molecule has 1 saturated heterocycles. The molecule has 14 nitrogen and oxygen atoms in total. The Hall–Kier alpha value is -2.83. The van der Waals surface area contributed by atoms with Crippen LogP contribution in [0, 0.1) is 0 Å². The number of rotatable bonds is 8. The van der Waals surface area contributed by atoms with Crippen molar-refractivity contribution in [2.24, 2.45) is 12.2 Å². The number of carbonyl (C=O) groups excluding carboxylic acids is 2. The van der Waals surface area contributed by atoms with E-state index in [4.69, 9.17) is 5.73 Å². The summed E-state index contributed by atoms with van der Waals surface area (Å²) < 4.78 is 1.50. The Balaban J connectivity index is 1.44. The molecular formula is C15H15N9O5S4. The Morgan fingerprint density at radius 3 is 2.82 bits per heavy atom. The monoisotopic (exact) mass is 529 g/mol. The Morgan fingerprint density at radius 2 is 2.21 bits per heavy atom. The number of aliphatic carboxylic acids is 1. The summed E-state index contributed by atoms with van der Waals surface area (Å²) in [7, 11) is 1.69. The molecular weight excluding hydrogens is 514 g/mol. The first-order chi connectivity index (χ1) is 15.8. The van der Waals surface area contributed by atoms with Crippen LogP contribution in [0.5, 0.6) is 0 Å². The van der Waals surface area contributed by atoms with E-state index in [0.717, 1.165) is 16.2 Å². The van der Waals surface area contributed by atoms with Crippen molar-refractivity contribution in [1.29, 1.82) is 0 Å². The summed E-state index contributed by atoms with van der Waals surface area (Å²) in [5, 5.41) is 37.6. The lowest BCUT2D eigenvalue weighted by Crippen LogP contribution is -2.71. The minimum absolute atomic E-state index is 0.0674. The predicted molar refractivity (Wildman–Crippen MR) is 122 cm³/mol. The highest BCUT2D eigenvalue weighted by Gasteiger charge is 2.54.